The fraction of sp³-hybridized carbons (Fsp3) is 0.143. The van der Waals surface area contributed by atoms with Crippen LogP contribution < -0.4 is 0 Å². The zero-order valence-electron chi connectivity index (χ0n) is 4.89. The monoisotopic (exact) mass is 180 g/mol. The van der Waals surface area contributed by atoms with Gasteiger partial charge in [0.05, 0.1) is 0 Å². The molecule has 36 valence electrons. The van der Waals surface area contributed by atoms with Gasteiger partial charge in [0.15, 0.2) is 0 Å². The fourth-order valence-electron chi connectivity index (χ4n) is 0.483. The van der Waals surface area contributed by atoms with Crippen molar-refractivity contribution in [2.45, 2.75) is 6.92 Å². The SMILES string of the molecule is Cc1c[c-]ccc1.[Y+3]. The van der Waals surface area contributed by atoms with Crippen LogP contribution in [0.15, 0.2) is 24.3 Å². The fourth-order valence-corrected chi connectivity index (χ4v) is 0.483. The summed E-state index contributed by atoms with van der Waals surface area (Å²) in [6, 6.07) is 10.8. The van der Waals surface area contributed by atoms with Gasteiger partial charge < -0.3 is 0 Å². The maximum Gasteiger partial charge on any atom is 3.00 e. The molecule has 0 aliphatic rings. The summed E-state index contributed by atoms with van der Waals surface area (Å²) in [5.41, 5.74) is 1.27. The number of benzene rings is 1. The van der Waals surface area contributed by atoms with Crippen LogP contribution in [-0.4, -0.2) is 0 Å². The Hall–Kier alpha value is 0.324. The Balaban J connectivity index is 0.000000490. The van der Waals surface area contributed by atoms with Gasteiger partial charge >= 0.3 is 32.7 Å². The molecule has 0 amide bonds. The number of aryl methyl sites for hydroxylation is 1. The zero-order valence-corrected chi connectivity index (χ0v) is 7.73. The van der Waals surface area contributed by atoms with Crippen LogP contribution in [0.4, 0.5) is 0 Å². The van der Waals surface area contributed by atoms with E-state index >= 15 is 0 Å². The molecule has 1 aromatic rings. The van der Waals surface area contributed by atoms with Gasteiger partial charge in [0, 0.05) is 0 Å². The minimum absolute atomic E-state index is 0. The summed E-state index contributed by atoms with van der Waals surface area (Å²) in [5.74, 6) is 0. The van der Waals surface area contributed by atoms with E-state index in [-0.39, 0.29) is 32.7 Å². The van der Waals surface area contributed by atoms with Gasteiger partial charge in [-0.25, -0.2) is 0 Å². The van der Waals surface area contributed by atoms with Gasteiger partial charge in [-0.2, -0.15) is 35.9 Å². The first-order chi connectivity index (χ1) is 3.39. The molecule has 1 heteroatoms. The summed E-state index contributed by atoms with van der Waals surface area (Å²) < 4.78 is 0. The van der Waals surface area contributed by atoms with Gasteiger partial charge in [0.1, 0.15) is 0 Å². The second-order valence-electron chi connectivity index (χ2n) is 1.58. The first kappa shape index (κ1) is 8.32. The van der Waals surface area contributed by atoms with Crippen LogP contribution in [0.2, 0.25) is 0 Å². The third kappa shape index (κ3) is 2.59. The Morgan fingerprint density at radius 1 is 1.50 bits per heavy atom. The molecule has 0 saturated heterocycles. The average Bonchev–Trinajstić information content (AvgIpc) is 1.69. The van der Waals surface area contributed by atoms with Crippen molar-refractivity contribution in [2.24, 2.45) is 0 Å². The Bertz CT molecular complexity index is 134. The standard InChI is InChI=1S/C7H7.Y/c1-7-5-3-2-4-6-7;/h2-3,5-6H,1H3;/q-1;+3. The molecule has 0 atom stereocenters. The van der Waals surface area contributed by atoms with Crippen molar-refractivity contribution >= 4 is 0 Å². The van der Waals surface area contributed by atoms with Crippen LogP contribution >= 0.6 is 0 Å². The predicted octanol–water partition coefficient (Wildman–Crippen LogP) is 1.79. The van der Waals surface area contributed by atoms with E-state index < -0.39 is 0 Å². The molecule has 0 saturated carbocycles. The molecule has 0 aliphatic carbocycles. The van der Waals surface area contributed by atoms with E-state index in [0.717, 1.165) is 0 Å². The van der Waals surface area contributed by atoms with E-state index in [0.29, 0.717) is 0 Å². The molecule has 0 unspecified atom stereocenters. The second kappa shape index (κ2) is 4.23. The zero-order chi connectivity index (χ0) is 5.11. The third-order valence-electron chi connectivity index (χ3n) is 0.863. The van der Waals surface area contributed by atoms with Crippen molar-refractivity contribution in [1.29, 1.82) is 0 Å². The van der Waals surface area contributed by atoms with Crippen molar-refractivity contribution < 1.29 is 32.7 Å². The summed E-state index contributed by atoms with van der Waals surface area (Å²) in [5, 5.41) is 0. The van der Waals surface area contributed by atoms with Crippen LogP contribution in [0.5, 0.6) is 0 Å². The van der Waals surface area contributed by atoms with Crippen LogP contribution in [0, 0.1) is 13.0 Å². The van der Waals surface area contributed by atoms with Gasteiger partial charge in [-0.15, -0.1) is 0 Å². The largest absolute Gasteiger partial charge is 3.00 e. The van der Waals surface area contributed by atoms with Crippen molar-refractivity contribution in [3.63, 3.8) is 0 Å². The quantitative estimate of drug-likeness (QED) is 0.534. The van der Waals surface area contributed by atoms with Gasteiger partial charge in [-0.05, 0) is 0 Å². The molecular weight excluding hydrogens is 173 g/mol. The molecule has 0 N–H and O–H groups in total. The first-order valence-corrected chi connectivity index (χ1v) is 2.32. The maximum atomic E-state index is 2.96. The van der Waals surface area contributed by atoms with E-state index in [4.69, 9.17) is 0 Å². The molecular formula is C7H7Y+2. The third-order valence-corrected chi connectivity index (χ3v) is 0.863. The molecule has 1 rings (SSSR count). The van der Waals surface area contributed by atoms with E-state index in [1.165, 1.54) is 5.56 Å². The summed E-state index contributed by atoms with van der Waals surface area (Å²) in [4.78, 5) is 0. The summed E-state index contributed by atoms with van der Waals surface area (Å²) in [6.45, 7) is 2.05. The van der Waals surface area contributed by atoms with Gasteiger partial charge in [0.25, 0.3) is 0 Å². The van der Waals surface area contributed by atoms with E-state index in [2.05, 4.69) is 19.1 Å². The molecule has 0 bridgehead atoms. The van der Waals surface area contributed by atoms with Crippen LogP contribution in [-0.2, 0) is 32.7 Å². The topological polar surface area (TPSA) is 0 Å². The number of hydrogen-bond donors (Lipinski definition) is 0. The van der Waals surface area contributed by atoms with Gasteiger partial charge in [0.2, 0.25) is 0 Å². The van der Waals surface area contributed by atoms with Gasteiger partial charge in [-0.3, -0.25) is 0 Å². The predicted molar refractivity (Wildman–Crippen MR) is 30.0 cm³/mol. The van der Waals surface area contributed by atoms with Crippen molar-refractivity contribution in [1.82, 2.24) is 0 Å². The molecule has 0 heterocycles. The van der Waals surface area contributed by atoms with Crippen LogP contribution in [0.25, 0.3) is 0 Å². The first-order valence-electron chi connectivity index (χ1n) is 2.32. The molecule has 0 radical (unpaired) electrons. The Morgan fingerprint density at radius 3 is 2.50 bits per heavy atom. The second-order valence-corrected chi connectivity index (χ2v) is 1.58. The molecule has 8 heavy (non-hydrogen) atoms. The molecule has 0 aliphatic heterocycles. The Kier molecular flexibility index (Phi) is 4.40. The van der Waals surface area contributed by atoms with Crippen molar-refractivity contribution in [3.05, 3.63) is 35.9 Å². The number of hydrogen-bond acceptors (Lipinski definition) is 0. The number of rotatable bonds is 0. The van der Waals surface area contributed by atoms with E-state index in [1.54, 1.807) is 0 Å². The minimum atomic E-state index is 0. The van der Waals surface area contributed by atoms with Crippen molar-refractivity contribution in [3.8, 4) is 0 Å². The maximum absolute atomic E-state index is 2.96. The van der Waals surface area contributed by atoms with Crippen LogP contribution in [0.3, 0.4) is 0 Å². The molecule has 1 aromatic carbocycles. The normalized spacial score (nSPS) is 7.62. The summed E-state index contributed by atoms with van der Waals surface area (Å²) in [7, 11) is 0. The van der Waals surface area contributed by atoms with E-state index in [9.17, 15) is 0 Å². The Morgan fingerprint density at radius 2 is 2.25 bits per heavy atom. The smallest absolute Gasteiger partial charge is 0.184 e. The van der Waals surface area contributed by atoms with Crippen LogP contribution in [0.1, 0.15) is 5.56 Å². The van der Waals surface area contributed by atoms with Crippen molar-refractivity contribution in [2.75, 3.05) is 0 Å². The summed E-state index contributed by atoms with van der Waals surface area (Å²) >= 11 is 0. The molecule has 0 spiro atoms. The Labute approximate surface area is 75.2 Å². The van der Waals surface area contributed by atoms with E-state index in [1.807, 2.05) is 18.2 Å². The summed E-state index contributed by atoms with van der Waals surface area (Å²) in [6.07, 6.45) is 0. The minimum Gasteiger partial charge on any atom is -0.184 e. The molecule has 0 fully saturated rings. The average molecular weight is 180 g/mol. The molecule has 0 aromatic heterocycles. The molecule has 0 nitrogen and oxygen atoms in total. The van der Waals surface area contributed by atoms with Gasteiger partial charge in [-0.1, -0.05) is 6.92 Å².